The van der Waals surface area contributed by atoms with Crippen LogP contribution in [0.4, 0.5) is 0 Å². The van der Waals surface area contributed by atoms with Crippen LogP contribution in [0, 0.1) is 5.92 Å². The molecule has 0 bridgehead atoms. The van der Waals surface area contributed by atoms with Gasteiger partial charge in [-0.25, -0.2) is 13.1 Å². The van der Waals surface area contributed by atoms with Crippen LogP contribution in [0.25, 0.3) is 0 Å². The van der Waals surface area contributed by atoms with E-state index in [2.05, 4.69) is 15.4 Å². The molecule has 7 nitrogen and oxygen atoms in total. The maximum atomic E-state index is 13.0. The summed E-state index contributed by atoms with van der Waals surface area (Å²) in [5.41, 5.74) is 2.00. The van der Waals surface area contributed by atoms with Crippen molar-refractivity contribution in [3.63, 3.8) is 0 Å². The first-order valence-electron chi connectivity index (χ1n) is 10.8. The van der Waals surface area contributed by atoms with Crippen LogP contribution in [-0.4, -0.2) is 26.3 Å². The van der Waals surface area contributed by atoms with Crippen molar-refractivity contribution in [2.75, 3.05) is 0 Å². The molecule has 0 aliphatic rings. The van der Waals surface area contributed by atoms with Crippen LogP contribution in [0.1, 0.15) is 56.8 Å². The first-order chi connectivity index (χ1) is 15.1. The standard InChI is InChI=1S/C24H33N3O4S/c1-17(2)14-22(28)26-23(19-10-6-5-7-11-19)24(29)25-15-20-12-8-9-13-21(20)16-32(30,31)27-18(3)4/h5-13,17-18,23,27H,14-16H2,1-4H3,(H,25,29)(H,26,28). The molecule has 3 N–H and O–H groups in total. The molecule has 1 atom stereocenters. The number of hydrogen-bond donors (Lipinski definition) is 3. The van der Waals surface area contributed by atoms with Crippen molar-refractivity contribution in [2.24, 2.45) is 5.92 Å². The van der Waals surface area contributed by atoms with E-state index in [-0.39, 0.29) is 36.1 Å². The predicted octanol–water partition coefficient (Wildman–Crippen LogP) is 3.03. The Labute approximate surface area is 191 Å². The number of amides is 2. The summed E-state index contributed by atoms with van der Waals surface area (Å²) in [6.07, 6.45) is 0.320. The van der Waals surface area contributed by atoms with E-state index in [1.165, 1.54) is 0 Å². The molecule has 0 heterocycles. The Kier molecular flexibility index (Phi) is 9.41. The minimum absolute atomic E-state index is 0.148. The molecule has 8 heteroatoms. The molecule has 1 unspecified atom stereocenters. The van der Waals surface area contributed by atoms with Crippen molar-refractivity contribution < 1.29 is 18.0 Å². The van der Waals surface area contributed by atoms with Crippen molar-refractivity contribution in [2.45, 2.75) is 58.5 Å². The fraction of sp³-hybridized carbons (Fsp3) is 0.417. The van der Waals surface area contributed by atoms with Crippen molar-refractivity contribution in [3.8, 4) is 0 Å². The lowest BCUT2D eigenvalue weighted by Crippen LogP contribution is -2.40. The number of sulfonamides is 1. The summed E-state index contributed by atoms with van der Waals surface area (Å²) >= 11 is 0. The molecule has 0 aliphatic carbocycles. The number of rotatable bonds is 11. The van der Waals surface area contributed by atoms with E-state index < -0.39 is 16.1 Å². The van der Waals surface area contributed by atoms with Crippen LogP contribution in [0.5, 0.6) is 0 Å². The summed E-state index contributed by atoms with van der Waals surface area (Å²) < 4.78 is 27.3. The normalized spacial score (nSPS) is 12.6. The highest BCUT2D eigenvalue weighted by atomic mass is 32.2. The van der Waals surface area contributed by atoms with Gasteiger partial charge in [0.25, 0.3) is 0 Å². The van der Waals surface area contributed by atoms with Crippen molar-refractivity contribution in [1.29, 1.82) is 0 Å². The van der Waals surface area contributed by atoms with Crippen LogP contribution in [0.3, 0.4) is 0 Å². The largest absolute Gasteiger partial charge is 0.350 e. The minimum Gasteiger partial charge on any atom is -0.350 e. The molecule has 0 spiro atoms. The maximum absolute atomic E-state index is 13.0. The second-order valence-electron chi connectivity index (χ2n) is 8.53. The van der Waals surface area contributed by atoms with Gasteiger partial charge in [0.1, 0.15) is 6.04 Å². The van der Waals surface area contributed by atoms with E-state index in [1.54, 1.807) is 50.2 Å². The number of hydrogen-bond acceptors (Lipinski definition) is 4. The quantitative estimate of drug-likeness (QED) is 0.480. The summed E-state index contributed by atoms with van der Waals surface area (Å²) in [6.45, 7) is 7.56. The van der Waals surface area contributed by atoms with E-state index in [4.69, 9.17) is 0 Å². The molecule has 32 heavy (non-hydrogen) atoms. The van der Waals surface area contributed by atoms with Gasteiger partial charge in [0.15, 0.2) is 0 Å². The Bertz CT molecular complexity index is 1000. The molecule has 2 aromatic carbocycles. The van der Waals surface area contributed by atoms with Crippen molar-refractivity contribution in [1.82, 2.24) is 15.4 Å². The van der Waals surface area contributed by atoms with Crippen molar-refractivity contribution in [3.05, 3.63) is 71.3 Å². The molecule has 2 amide bonds. The Balaban J connectivity index is 2.15. The van der Waals surface area contributed by atoms with E-state index in [0.29, 0.717) is 23.1 Å². The summed E-state index contributed by atoms with van der Waals surface area (Å²) in [7, 11) is -3.50. The zero-order valence-electron chi connectivity index (χ0n) is 19.1. The smallest absolute Gasteiger partial charge is 0.247 e. The van der Waals surface area contributed by atoms with E-state index in [9.17, 15) is 18.0 Å². The molecule has 0 aromatic heterocycles. The molecule has 0 radical (unpaired) electrons. The third-order valence-corrected chi connectivity index (χ3v) is 6.15. The minimum atomic E-state index is -3.50. The lowest BCUT2D eigenvalue weighted by atomic mass is 10.0. The van der Waals surface area contributed by atoms with Gasteiger partial charge in [-0.3, -0.25) is 9.59 Å². The van der Waals surface area contributed by atoms with Crippen LogP contribution in [0.15, 0.2) is 54.6 Å². The zero-order chi connectivity index (χ0) is 23.7. The highest BCUT2D eigenvalue weighted by molar-refractivity contribution is 7.88. The Hall–Kier alpha value is -2.71. The first kappa shape index (κ1) is 25.5. The van der Waals surface area contributed by atoms with Gasteiger partial charge < -0.3 is 10.6 Å². The first-order valence-corrected chi connectivity index (χ1v) is 12.4. The average molecular weight is 460 g/mol. The average Bonchev–Trinajstić information content (AvgIpc) is 2.70. The lowest BCUT2D eigenvalue weighted by Gasteiger charge is -2.20. The fourth-order valence-electron chi connectivity index (χ4n) is 3.30. The van der Waals surface area contributed by atoms with Crippen LogP contribution in [-0.2, 0) is 31.9 Å². The molecular formula is C24H33N3O4S. The molecule has 174 valence electrons. The van der Waals surface area contributed by atoms with Crippen molar-refractivity contribution >= 4 is 21.8 Å². The molecule has 2 aromatic rings. The van der Waals surface area contributed by atoms with Gasteiger partial charge in [0.2, 0.25) is 21.8 Å². The molecule has 0 fully saturated rings. The molecule has 0 aliphatic heterocycles. The van der Waals surface area contributed by atoms with Gasteiger partial charge in [-0.15, -0.1) is 0 Å². The third kappa shape index (κ3) is 8.43. The van der Waals surface area contributed by atoms with Gasteiger partial charge in [0, 0.05) is 19.0 Å². The van der Waals surface area contributed by atoms with Gasteiger partial charge in [-0.2, -0.15) is 0 Å². The molecule has 0 saturated heterocycles. The van der Waals surface area contributed by atoms with E-state index >= 15 is 0 Å². The van der Waals surface area contributed by atoms with Gasteiger partial charge >= 0.3 is 0 Å². The summed E-state index contributed by atoms with van der Waals surface area (Å²) in [5.74, 6) is -0.561. The van der Waals surface area contributed by atoms with Crippen LogP contribution in [0.2, 0.25) is 0 Å². The Morgan fingerprint density at radius 1 is 0.875 bits per heavy atom. The summed E-state index contributed by atoms with van der Waals surface area (Å²) in [6, 6.07) is 15.1. The Morgan fingerprint density at radius 3 is 2.06 bits per heavy atom. The number of benzene rings is 2. The zero-order valence-corrected chi connectivity index (χ0v) is 19.9. The number of nitrogens with one attached hydrogen (secondary N) is 3. The summed E-state index contributed by atoms with van der Waals surface area (Å²) in [5, 5.41) is 5.67. The maximum Gasteiger partial charge on any atom is 0.247 e. The highest BCUT2D eigenvalue weighted by Gasteiger charge is 2.23. The SMILES string of the molecule is CC(C)CC(=O)NC(C(=O)NCc1ccccc1CS(=O)(=O)NC(C)C)c1ccccc1. The topological polar surface area (TPSA) is 104 Å². The fourth-order valence-corrected chi connectivity index (χ4v) is 4.79. The van der Waals surface area contributed by atoms with Crippen LogP contribution < -0.4 is 15.4 Å². The molecule has 2 rings (SSSR count). The van der Waals surface area contributed by atoms with Gasteiger partial charge in [-0.1, -0.05) is 68.4 Å². The molecule has 0 saturated carbocycles. The predicted molar refractivity (Wildman–Crippen MR) is 126 cm³/mol. The van der Waals surface area contributed by atoms with E-state index in [1.807, 2.05) is 32.0 Å². The highest BCUT2D eigenvalue weighted by Crippen LogP contribution is 2.16. The second kappa shape index (κ2) is 11.8. The monoisotopic (exact) mass is 459 g/mol. The second-order valence-corrected chi connectivity index (χ2v) is 10.3. The lowest BCUT2D eigenvalue weighted by molar-refractivity contribution is -0.129. The van der Waals surface area contributed by atoms with Gasteiger partial charge in [-0.05, 0) is 36.5 Å². The number of carbonyl (C=O) groups is 2. The van der Waals surface area contributed by atoms with Crippen LogP contribution >= 0.6 is 0 Å². The van der Waals surface area contributed by atoms with E-state index in [0.717, 1.165) is 0 Å². The van der Waals surface area contributed by atoms with Gasteiger partial charge in [0.05, 0.1) is 5.75 Å². The molecular weight excluding hydrogens is 426 g/mol. The summed E-state index contributed by atoms with van der Waals surface area (Å²) in [4.78, 5) is 25.4. The number of carbonyl (C=O) groups excluding carboxylic acids is 2. The third-order valence-electron chi connectivity index (χ3n) is 4.63. The Morgan fingerprint density at radius 2 is 1.47 bits per heavy atom.